The van der Waals surface area contributed by atoms with E-state index < -0.39 is 5.82 Å². The molecule has 102 valence electrons. The van der Waals surface area contributed by atoms with Gasteiger partial charge in [0.05, 0.1) is 17.3 Å². The van der Waals surface area contributed by atoms with Crippen molar-refractivity contribution in [2.45, 2.75) is 13.8 Å². The Labute approximate surface area is 116 Å². The van der Waals surface area contributed by atoms with Crippen molar-refractivity contribution >= 4 is 17.3 Å². The number of nitrogens with one attached hydrogen (secondary N) is 2. The number of aromatic nitrogens is 2. The first-order valence-corrected chi connectivity index (χ1v) is 6.17. The van der Waals surface area contributed by atoms with Crippen molar-refractivity contribution in [1.82, 2.24) is 9.97 Å². The van der Waals surface area contributed by atoms with Crippen molar-refractivity contribution in [3.05, 3.63) is 41.5 Å². The van der Waals surface area contributed by atoms with Crippen molar-refractivity contribution in [3.8, 4) is 6.07 Å². The van der Waals surface area contributed by atoms with Gasteiger partial charge in [0.2, 0.25) is 0 Å². The molecule has 0 unspecified atom stereocenters. The van der Waals surface area contributed by atoms with Crippen LogP contribution in [0, 0.1) is 24.1 Å². The molecule has 0 fully saturated rings. The molecule has 6 heteroatoms. The predicted molar refractivity (Wildman–Crippen MR) is 75.3 cm³/mol. The van der Waals surface area contributed by atoms with E-state index in [-0.39, 0.29) is 11.3 Å². The fraction of sp³-hybridized carbons (Fsp3) is 0.214. The van der Waals surface area contributed by atoms with Gasteiger partial charge in [0.1, 0.15) is 23.8 Å². The van der Waals surface area contributed by atoms with Gasteiger partial charge in [0.25, 0.3) is 0 Å². The van der Waals surface area contributed by atoms with E-state index in [2.05, 4.69) is 20.6 Å². The Morgan fingerprint density at radius 3 is 2.70 bits per heavy atom. The van der Waals surface area contributed by atoms with Crippen molar-refractivity contribution in [3.63, 3.8) is 0 Å². The van der Waals surface area contributed by atoms with Crippen LogP contribution >= 0.6 is 0 Å². The molecular formula is C14H14FN5. The Balaban J connectivity index is 2.31. The van der Waals surface area contributed by atoms with Crippen LogP contribution in [-0.4, -0.2) is 16.5 Å². The van der Waals surface area contributed by atoms with Gasteiger partial charge in [-0.3, -0.25) is 0 Å². The summed E-state index contributed by atoms with van der Waals surface area (Å²) in [6, 6.07) is 6.14. The Hall–Kier alpha value is -2.68. The molecule has 2 aromatic rings. The van der Waals surface area contributed by atoms with Crippen LogP contribution in [0.3, 0.4) is 0 Å². The van der Waals surface area contributed by atoms with Crippen molar-refractivity contribution in [2.75, 3.05) is 17.2 Å². The van der Waals surface area contributed by atoms with Crippen molar-refractivity contribution in [1.29, 1.82) is 5.26 Å². The smallest absolute Gasteiger partial charge is 0.147 e. The topological polar surface area (TPSA) is 73.6 Å². The molecule has 2 rings (SSSR count). The number of hydrogen-bond donors (Lipinski definition) is 2. The van der Waals surface area contributed by atoms with E-state index in [1.807, 2.05) is 19.9 Å². The largest absolute Gasteiger partial charge is 0.370 e. The van der Waals surface area contributed by atoms with Gasteiger partial charge in [-0.2, -0.15) is 5.26 Å². The second kappa shape index (κ2) is 5.97. The van der Waals surface area contributed by atoms with E-state index in [1.165, 1.54) is 18.5 Å². The highest BCUT2D eigenvalue weighted by molar-refractivity contribution is 5.65. The Bertz CT molecular complexity index is 663. The Morgan fingerprint density at radius 1 is 1.30 bits per heavy atom. The van der Waals surface area contributed by atoms with E-state index in [1.54, 1.807) is 6.07 Å². The molecule has 1 aromatic carbocycles. The maximum atomic E-state index is 13.8. The minimum Gasteiger partial charge on any atom is -0.370 e. The SMILES string of the molecule is CCNc1ncnc(Nc2ccc(C#N)cc2F)c1C. The molecule has 0 spiro atoms. The molecule has 0 atom stereocenters. The van der Waals surface area contributed by atoms with E-state index >= 15 is 0 Å². The van der Waals surface area contributed by atoms with Crippen LogP contribution in [-0.2, 0) is 0 Å². The molecule has 0 radical (unpaired) electrons. The minimum atomic E-state index is -0.493. The summed E-state index contributed by atoms with van der Waals surface area (Å²) < 4.78 is 13.8. The zero-order valence-electron chi connectivity index (χ0n) is 11.2. The molecular weight excluding hydrogens is 257 g/mol. The molecule has 2 N–H and O–H groups in total. The maximum Gasteiger partial charge on any atom is 0.147 e. The molecule has 5 nitrogen and oxygen atoms in total. The van der Waals surface area contributed by atoms with Crippen LogP contribution in [0.5, 0.6) is 0 Å². The van der Waals surface area contributed by atoms with Gasteiger partial charge in [-0.1, -0.05) is 0 Å². The zero-order valence-corrected chi connectivity index (χ0v) is 11.2. The van der Waals surface area contributed by atoms with Crippen molar-refractivity contribution < 1.29 is 4.39 Å². The van der Waals surface area contributed by atoms with Gasteiger partial charge in [-0.15, -0.1) is 0 Å². The van der Waals surface area contributed by atoms with E-state index in [4.69, 9.17) is 5.26 Å². The highest BCUT2D eigenvalue weighted by atomic mass is 19.1. The Kier molecular flexibility index (Phi) is 4.11. The number of benzene rings is 1. The van der Waals surface area contributed by atoms with Crippen LogP contribution in [0.25, 0.3) is 0 Å². The fourth-order valence-electron chi connectivity index (χ4n) is 1.74. The number of halogens is 1. The summed E-state index contributed by atoms with van der Waals surface area (Å²) in [4.78, 5) is 8.23. The number of rotatable bonds is 4. The maximum absolute atomic E-state index is 13.8. The van der Waals surface area contributed by atoms with Gasteiger partial charge >= 0.3 is 0 Å². The van der Waals surface area contributed by atoms with Crippen LogP contribution in [0.1, 0.15) is 18.1 Å². The zero-order chi connectivity index (χ0) is 14.5. The highest BCUT2D eigenvalue weighted by Crippen LogP contribution is 2.24. The number of anilines is 3. The lowest BCUT2D eigenvalue weighted by Gasteiger charge is -2.12. The van der Waals surface area contributed by atoms with Crippen LogP contribution < -0.4 is 10.6 Å². The van der Waals surface area contributed by atoms with E-state index in [9.17, 15) is 4.39 Å². The van der Waals surface area contributed by atoms with Gasteiger partial charge in [0.15, 0.2) is 0 Å². The molecule has 0 bridgehead atoms. The van der Waals surface area contributed by atoms with E-state index in [0.717, 1.165) is 12.1 Å². The third kappa shape index (κ3) is 2.83. The lowest BCUT2D eigenvalue weighted by Crippen LogP contribution is -2.06. The third-order valence-electron chi connectivity index (χ3n) is 2.78. The third-order valence-corrected chi connectivity index (χ3v) is 2.78. The lowest BCUT2D eigenvalue weighted by molar-refractivity contribution is 0.631. The molecule has 0 saturated heterocycles. The highest BCUT2D eigenvalue weighted by Gasteiger charge is 2.09. The Morgan fingerprint density at radius 2 is 2.05 bits per heavy atom. The van der Waals surface area contributed by atoms with Gasteiger partial charge in [-0.05, 0) is 32.0 Å². The predicted octanol–water partition coefficient (Wildman–Crippen LogP) is 2.97. The van der Waals surface area contributed by atoms with Gasteiger partial charge < -0.3 is 10.6 Å². The quantitative estimate of drug-likeness (QED) is 0.894. The summed E-state index contributed by atoms with van der Waals surface area (Å²) in [6.45, 7) is 4.55. The molecule has 0 aliphatic heterocycles. The normalized spacial score (nSPS) is 9.90. The standard InChI is InChI=1S/C14H14FN5/c1-3-17-13-9(2)14(19-8-18-13)20-12-5-4-10(7-16)6-11(12)15/h4-6,8H,3H2,1-2H3,(H2,17,18,19,20). The van der Waals surface area contributed by atoms with Crippen LogP contribution in [0.15, 0.2) is 24.5 Å². The minimum absolute atomic E-state index is 0.272. The van der Waals surface area contributed by atoms with Crippen LogP contribution in [0.2, 0.25) is 0 Å². The average Bonchev–Trinajstić information content (AvgIpc) is 2.45. The van der Waals surface area contributed by atoms with Crippen LogP contribution in [0.4, 0.5) is 21.7 Å². The first-order chi connectivity index (χ1) is 9.65. The number of nitrogens with zero attached hydrogens (tertiary/aromatic N) is 3. The van der Waals surface area contributed by atoms with Crippen molar-refractivity contribution in [2.24, 2.45) is 0 Å². The summed E-state index contributed by atoms with van der Waals surface area (Å²) in [7, 11) is 0. The molecule has 20 heavy (non-hydrogen) atoms. The second-order valence-electron chi connectivity index (χ2n) is 4.16. The molecule has 1 heterocycles. The first kappa shape index (κ1) is 13.7. The lowest BCUT2D eigenvalue weighted by atomic mass is 10.2. The first-order valence-electron chi connectivity index (χ1n) is 6.17. The number of hydrogen-bond acceptors (Lipinski definition) is 5. The molecule has 0 amide bonds. The summed E-state index contributed by atoms with van der Waals surface area (Å²) in [6.07, 6.45) is 1.41. The molecule has 1 aromatic heterocycles. The molecule has 0 saturated carbocycles. The average molecular weight is 271 g/mol. The molecule has 0 aliphatic carbocycles. The van der Waals surface area contributed by atoms with Gasteiger partial charge in [-0.25, -0.2) is 14.4 Å². The summed E-state index contributed by atoms with van der Waals surface area (Å²) in [5.74, 6) is 0.741. The fourth-order valence-corrected chi connectivity index (χ4v) is 1.74. The molecule has 0 aliphatic rings. The monoisotopic (exact) mass is 271 g/mol. The summed E-state index contributed by atoms with van der Waals surface area (Å²) in [5.41, 5.74) is 1.35. The summed E-state index contributed by atoms with van der Waals surface area (Å²) in [5, 5.41) is 14.7. The second-order valence-corrected chi connectivity index (χ2v) is 4.16. The summed E-state index contributed by atoms with van der Waals surface area (Å²) >= 11 is 0. The van der Waals surface area contributed by atoms with E-state index in [0.29, 0.717) is 11.6 Å². The van der Waals surface area contributed by atoms with Gasteiger partial charge in [0, 0.05) is 12.1 Å². The number of nitriles is 1.